The molecule has 0 spiro atoms. The predicted octanol–water partition coefficient (Wildman–Crippen LogP) is 2.09. The van der Waals surface area contributed by atoms with Crippen LogP contribution in [-0.4, -0.2) is 25.7 Å². The van der Waals surface area contributed by atoms with E-state index in [4.69, 9.17) is 0 Å². The number of sulfonamides is 1. The molecule has 0 radical (unpaired) electrons. The van der Waals surface area contributed by atoms with Crippen LogP contribution < -0.4 is 4.72 Å². The van der Waals surface area contributed by atoms with Crippen LogP contribution in [-0.2, 0) is 10.0 Å². The van der Waals surface area contributed by atoms with Crippen molar-refractivity contribution in [3.05, 3.63) is 15.9 Å². The molecule has 2 rings (SSSR count). The number of rotatable bonds is 4. The van der Waals surface area contributed by atoms with Crippen molar-refractivity contribution in [2.75, 3.05) is 6.54 Å². The summed E-state index contributed by atoms with van der Waals surface area (Å²) in [5.74, 6) is 0. The highest BCUT2D eigenvalue weighted by molar-refractivity contribution is 9.10. The molecular weight excluding hydrogens is 326 g/mol. The van der Waals surface area contributed by atoms with Crippen molar-refractivity contribution < 1.29 is 13.5 Å². The number of thiophene rings is 1. The van der Waals surface area contributed by atoms with Crippen molar-refractivity contribution in [3.63, 3.8) is 0 Å². The van der Waals surface area contributed by atoms with E-state index in [0.717, 1.165) is 24.2 Å². The van der Waals surface area contributed by atoms with Gasteiger partial charge in [0.25, 0.3) is 10.0 Å². The third kappa shape index (κ3) is 3.08. The minimum absolute atomic E-state index is 0.0969. The van der Waals surface area contributed by atoms with Crippen LogP contribution in [0, 0.1) is 0 Å². The molecule has 0 unspecified atom stereocenters. The quantitative estimate of drug-likeness (QED) is 0.882. The number of aliphatic hydroxyl groups is 1. The first-order chi connectivity index (χ1) is 7.93. The minimum atomic E-state index is -3.51. The zero-order valence-electron chi connectivity index (χ0n) is 9.15. The SMILES string of the molecule is O=S(=O)(NCC1(O)CCCC1)c1sccc1Br. The normalized spacial score (nSPS) is 19.6. The molecule has 0 bridgehead atoms. The summed E-state index contributed by atoms with van der Waals surface area (Å²) in [5, 5.41) is 11.8. The Morgan fingerprint density at radius 3 is 2.65 bits per heavy atom. The third-order valence-corrected chi connectivity index (χ3v) is 7.03. The van der Waals surface area contributed by atoms with Crippen LogP contribution in [0.3, 0.4) is 0 Å². The molecule has 1 aromatic heterocycles. The third-order valence-electron chi connectivity index (χ3n) is 2.95. The van der Waals surface area contributed by atoms with E-state index < -0.39 is 15.6 Å². The van der Waals surface area contributed by atoms with E-state index in [2.05, 4.69) is 20.7 Å². The smallest absolute Gasteiger partial charge is 0.251 e. The predicted molar refractivity (Wildman–Crippen MR) is 70.6 cm³/mol. The van der Waals surface area contributed by atoms with Gasteiger partial charge in [0, 0.05) is 11.0 Å². The lowest BCUT2D eigenvalue weighted by atomic mass is 10.0. The fourth-order valence-electron chi connectivity index (χ4n) is 1.98. The van der Waals surface area contributed by atoms with Crippen molar-refractivity contribution in [3.8, 4) is 0 Å². The molecule has 0 aliphatic heterocycles. The first-order valence-electron chi connectivity index (χ1n) is 5.38. The van der Waals surface area contributed by atoms with Gasteiger partial charge >= 0.3 is 0 Å². The maximum Gasteiger partial charge on any atom is 0.251 e. The van der Waals surface area contributed by atoms with Crippen molar-refractivity contribution in [2.24, 2.45) is 0 Å². The summed E-state index contributed by atoms with van der Waals surface area (Å²) in [6.45, 7) is 0.0969. The van der Waals surface area contributed by atoms with Gasteiger partial charge in [0.15, 0.2) is 0 Å². The second-order valence-electron chi connectivity index (χ2n) is 4.31. The summed E-state index contributed by atoms with van der Waals surface area (Å²) in [5.41, 5.74) is -0.864. The number of nitrogens with one attached hydrogen (secondary N) is 1. The van der Waals surface area contributed by atoms with Crippen LogP contribution >= 0.6 is 27.3 Å². The second-order valence-corrected chi connectivity index (χ2v) is 8.04. The molecule has 4 nitrogen and oxygen atoms in total. The second kappa shape index (κ2) is 4.97. The molecule has 1 heterocycles. The lowest BCUT2D eigenvalue weighted by Crippen LogP contribution is -2.40. The largest absolute Gasteiger partial charge is 0.389 e. The molecule has 2 N–H and O–H groups in total. The average molecular weight is 340 g/mol. The highest BCUT2D eigenvalue weighted by Gasteiger charge is 2.33. The number of hydrogen-bond acceptors (Lipinski definition) is 4. The fraction of sp³-hybridized carbons (Fsp3) is 0.600. The molecular formula is C10H14BrNO3S2. The highest BCUT2D eigenvalue weighted by atomic mass is 79.9. The summed E-state index contributed by atoms with van der Waals surface area (Å²) < 4.78 is 27.3. The zero-order valence-corrected chi connectivity index (χ0v) is 12.4. The Balaban J connectivity index is 2.06. The van der Waals surface area contributed by atoms with Crippen LogP contribution in [0.5, 0.6) is 0 Å². The number of halogens is 1. The van der Waals surface area contributed by atoms with Gasteiger partial charge in [-0.3, -0.25) is 0 Å². The molecule has 1 aromatic rings. The van der Waals surface area contributed by atoms with E-state index in [1.807, 2.05) is 0 Å². The Labute approximate surface area is 113 Å². The molecule has 0 saturated heterocycles. The van der Waals surface area contributed by atoms with Crippen LogP contribution in [0.25, 0.3) is 0 Å². The van der Waals surface area contributed by atoms with E-state index in [-0.39, 0.29) is 10.8 Å². The lowest BCUT2D eigenvalue weighted by molar-refractivity contribution is 0.0532. The maximum absolute atomic E-state index is 12.0. The standard InChI is InChI=1S/C10H14BrNO3S2/c11-8-3-6-16-9(8)17(14,15)12-7-10(13)4-1-2-5-10/h3,6,12-13H,1-2,4-5,7H2. The van der Waals surface area contributed by atoms with Gasteiger partial charge in [-0.25, -0.2) is 13.1 Å². The topological polar surface area (TPSA) is 66.4 Å². The van der Waals surface area contributed by atoms with E-state index in [0.29, 0.717) is 17.3 Å². The monoisotopic (exact) mass is 339 g/mol. The van der Waals surface area contributed by atoms with Crippen molar-refractivity contribution in [1.82, 2.24) is 4.72 Å². The van der Waals surface area contributed by atoms with Gasteiger partial charge in [0.05, 0.1) is 5.60 Å². The van der Waals surface area contributed by atoms with Gasteiger partial charge < -0.3 is 5.11 Å². The first-order valence-corrected chi connectivity index (χ1v) is 8.54. The molecule has 0 atom stereocenters. The van der Waals surface area contributed by atoms with Crippen LogP contribution in [0.2, 0.25) is 0 Å². The molecule has 1 fully saturated rings. The summed E-state index contributed by atoms with van der Waals surface area (Å²) >= 11 is 4.36. The van der Waals surface area contributed by atoms with Crippen LogP contribution in [0.1, 0.15) is 25.7 Å². The Morgan fingerprint density at radius 1 is 1.47 bits per heavy atom. The van der Waals surface area contributed by atoms with Gasteiger partial charge in [0.2, 0.25) is 0 Å². The first kappa shape index (κ1) is 13.5. The van der Waals surface area contributed by atoms with E-state index in [1.54, 1.807) is 11.4 Å². The Bertz CT molecular complexity index is 491. The minimum Gasteiger partial charge on any atom is -0.389 e. The number of hydrogen-bond donors (Lipinski definition) is 2. The summed E-state index contributed by atoms with van der Waals surface area (Å²) in [6, 6.07) is 1.70. The maximum atomic E-state index is 12.0. The van der Waals surface area contributed by atoms with Crippen LogP contribution in [0.4, 0.5) is 0 Å². The van der Waals surface area contributed by atoms with Crippen molar-refractivity contribution in [1.29, 1.82) is 0 Å². The Hall–Kier alpha value is 0.0500. The van der Waals surface area contributed by atoms with Gasteiger partial charge in [-0.05, 0) is 40.2 Å². The van der Waals surface area contributed by atoms with Crippen molar-refractivity contribution in [2.45, 2.75) is 35.5 Å². The van der Waals surface area contributed by atoms with E-state index in [9.17, 15) is 13.5 Å². The molecule has 1 aliphatic rings. The van der Waals surface area contributed by atoms with E-state index >= 15 is 0 Å². The molecule has 1 aliphatic carbocycles. The molecule has 96 valence electrons. The lowest BCUT2D eigenvalue weighted by Gasteiger charge is -2.22. The summed E-state index contributed by atoms with van der Waals surface area (Å²) in [4.78, 5) is 0. The molecule has 0 aromatic carbocycles. The van der Waals surface area contributed by atoms with Gasteiger partial charge in [-0.1, -0.05) is 12.8 Å². The summed E-state index contributed by atoms with van der Waals surface area (Å²) in [7, 11) is -3.51. The fourth-order valence-corrected chi connectivity index (χ4v) is 5.48. The van der Waals surface area contributed by atoms with Gasteiger partial charge in [-0.2, -0.15) is 0 Å². The molecule has 17 heavy (non-hydrogen) atoms. The highest BCUT2D eigenvalue weighted by Crippen LogP contribution is 2.30. The van der Waals surface area contributed by atoms with Gasteiger partial charge in [0.1, 0.15) is 4.21 Å². The van der Waals surface area contributed by atoms with E-state index in [1.165, 1.54) is 0 Å². The molecule has 0 amide bonds. The summed E-state index contributed by atoms with van der Waals surface area (Å²) in [6.07, 6.45) is 3.25. The average Bonchev–Trinajstić information content (AvgIpc) is 2.86. The Kier molecular flexibility index (Phi) is 3.94. The molecule has 7 heteroatoms. The van der Waals surface area contributed by atoms with Crippen LogP contribution in [0.15, 0.2) is 20.1 Å². The van der Waals surface area contributed by atoms with Crippen molar-refractivity contribution >= 4 is 37.3 Å². The zero-order chi connectivity index (χ0) is 12.5. The molecule has 1 saturated carbocycles. The Morgan fingerprint density at radius 2 is 2.12 bits per heavy atom. The van der Waals surface area contributed by atoms with Gasteiger partial charge in [-0.15, -0.1) is 11.3 Å².